The summed E-state index contributed by atoms with van der Waals surface area (Å²) in [5.74, 6) is -4.48. The largest absolute Gasteiger partial charge is 0.673 e. The topological polar surface area (TPSA) is 0 Å². The lowest BCUT2D eigenvalue weighted by atomic mass is 10.3. The van der Waals surface area contributed by atoms with E-state index >= 15 is 0 Å². The van der Waals surface area contributed by atoms with Gasteiger partial charge < -0.3 is 17.3 Å². The molecule has 11 heteroatoms. The Morgan fingerprint density at radius 1 is 0.880 bits per heavy atom. The molecule has 1 heterocycles. The summed E-state index contributed by atoms with van der Waals surface area (Å²) in [5.41, 5.74) is 0. The van der Waals surface area contributed by atoms with Gasteiger partial charge in [0.1, 0.15) is 6.75 Å². The second-order valence-corrected chi connectivity index (χ2v) is 7.21. The van der Waals surface area contributed by atoms with E-state index in [0.29, 0.717) is 0 Å². The molecule has 0 saturated heterocycles. The van der Waals surface area contributed by atoms with Crippen LogP contribution in [-0.2, 0) is 10.9 Å². The van der Waals surface area contributed by atoms with Crippen molar-refractivity contribution in [2.45, 2.75) is 19.6 Å². The highest BCUT2D eigenvalue weighted by molar-refractivity contribution is 8.05. The van der Waals surface area contributed by atoms with E-state index in [9.17, 15) is 34.8 Å². The average Bonchev–Trinajstić information content (AvgIpc) is 2.54. The maximum absolute atomic E-state index is 13.6. The van der Waals surface area contributed by atoms with Crippen molar-refractivity contribution in [2.75, 3.05) is 0 Å². The molecule has 0 radical (unpaired) electrons. The first-order valence-electron chi connectivity index (χ1n) is 7.71. The Morgan fingerprint density at radius 2 is 1.24 bits per heavy atom. The van der Waals surface area contributed by atoms with Crippen molar-refractivity contribution < 1.29 is 38.9 Å². The van der Waals surface area contributed by atoms with Gasteiger partial charge in [0, 0.05) is 12.1 Å². The van der Waals surface area contributed by atoms with Gasteiger partial charge >= 0.3 is 7.25 Å². The third-order valence-electron chi connectivity index (χ3n) is 2.74. The van der Waals surface area contributed by atoms with Gasteiger partial charge in [-0.05, 0) is 12.1 Å². The van der Waals surface area contributed by atoms with Crippen LogP contribution in [0.5, 0.6) is 0 Å². The molecule has 134 valence electrons. The normalized spacial score (nSPS) is 15.0. The minimum Gasteiger partial charge on any atom is -0.418 e. The number of hydrogen-bond donors (Lipinski definition) is 0. The number of rotatable bonds is 1. The molecule has 3 rings (SSSR count). The quantitative estimate of drug-likeness (QED) is 0.310. The van der Waals surface area contributed by atoms with Crippen molar-refractivity contribution in [3.05, 3.63) is 59.4 Å². The molecule has 25 heavy (non-hydrogen) atoms. The van der Waals surface area contributed by atoms with Gasteiger partial charge in [0.25, 0.3) is 0 Å². The summed E-state index contributed by atoms with van der Waals surface area (Å²) < 4.78 is 116. The Labute approximate surface area is 148 Å². The zero-order chi connectivity index (χ0) is 21.4. The second-order valence-electron chi connectivity index (χ2n) is 4.43. The maximum Gasteiger partial charge on any atom is 0.673 e. The van der Waals surface area contributed by atoms with Crippen molar-refractivity contribution >= 4 is 29.9 Å². The van der Waals surface area contributed by atoms with E-state index in [1.165, 1.54) is 0 Å². The molecule has 0 nitrogen and oxygen atoms in total. The minimum absolute atomic E-state index is 0.175. The highest BCUT2D eigenvalue weighted by Crippen LogP contribution is 2.47. The van der Waals surface area contributed by atoms with Crippen LogP contribution in [0.25, 0.3) is 0 Å². The third-order valence-corrected chi connectivity index (χ3v) is 5.87. The predicted molar refractivity (Wildman–Crippen MR) is 81.1 cm³/mol. The molecule has 0 bridgehead atoms. The molecule has 0 fully saturated rings. The summed E-state index contributed by atoms with van der Waals surface area (Å²) in [6.07, 6.45) is 0. The van der Waals surface area contributed by atoms with E-state index < -0.39 is 53.3 Å². The van der Waals surface area contributed by atoms with Crippen LogP contribution in [-0.4, -0.2) is 7.25 Å². The Hall–Kier alpha value is -1.62. The van der Waals surface area contributed by atoms with Gasteiger partial charge in [0.15, 0.2) is 33.1 Å². The van der Waals surface area contributed by atoms with Crippen molar-refractivity contribution in [1.29, 1.82) is 0 Å². The van der Waals surface area contributed by atoms with Crippen LogP contribution in [0.3, 0.4) is 0 Å². The number of fused-ring (bicyclic) bond motifs is 2. The maximum atomic E-state index is 13.6. The first-order chi connectivity index (χ1) is 12.8. The molecule has 0 spiro atoms. The van der Waals surface area contributed by atoms with Crippen LogP contribution >= 0.6 is 11.8 Å². The van der Waals surface area contributed by atoms with Crippen molar-refractivity contribution in [3.8, 4) is 0 Å². The van der Waals surface area contributed by atoms with Crippen molar-refractivity contribution in [1.82, 2.24) is 0 Å². The van der Waals surface area contributed by atoms with E-state index in [-0.39, 0.29) is 19.6 Å². The Balaban J connectivity index is 0.000000500. The van der Waals surface area contributed by atoms with Crippen LogP contribution in [0.4, 0.5) is 34.8 Å². The molecule has 0 amide bonds. The molecule has 0 aliphatic carbocycles. The smallest absolute Gasteiger partial charge is 0.418 e. The molecule has 2 aromatic rings. The summed E-state index contributed by atoms with van der Waals surface area (Å²) in [7, 11) is -7.47. The van der Waals surface area contributed by atoms with Gasteiger partial charge in [-0.25, -0.2) is 17.6 Å². The molecule has 0 N–H and O–H groups in total. The van der Waals surface area contributed by atoms with Gasteiger partial charge in [0.05, 0.1) is 23.4 Å². The molecule has 1 aliphatic rings. The lowest BCUT2D eigenvalue weighted by molar-refractivity contribution is 0.368. The molecule has 1 aliphatic heterocycles. The standard InChI is InChI=1S/C14H7F4S2.BF4/c1-2-20-13-5-9(17)7(15)3-11(13)19-12-4-8(16)10(18)6-14(12)20;2-1(3,4)5/h2-6H,1H2;/q+1;-1/i1D2,2D;. The van der Waals surface area contributed by atoms with Crippen LogP contribution in [0.15, 0.2) is 55.8 Å². The highest BCUT2D eigenvalue weighted by Gasteiger charge is 2.36. The molecule has 0 aromatic heterocycles. The number of benzene rings is 2. The molecule has 0 saturated carbocycles. The van der Waals surface area contributed by atoms with Crippen LogP contribution in [0, 0.1) is 23.3 Å². The van der Waals surface area contributed by atoms with E-state index in [4.69, 9.17) is 4.11 Å². The van der Waals surface area contributed by atoms with E-state index in [1.54, 1.807) is 0 Å². The summed E-state index contributed by atoms with van der Waals surface area (Å²) in [5, 5.41) is -0.482. The fourth-order valence-electron chi connectivity index (χ4n) is 1.85. The van der Waals surface area contributed by atoms with Gasteiger partial charge in [-0.2, -0.15) is 0 Å². The molecular formula is C14H7BF8S2. The molecule has 2 aromatic carbocycles. The second kappa shape index (κ2) is 7.32. The molecular weight excluding hydrogens is 395 g/mol. The molecule has 0 unspecified atom stereocenters. The zero-order valence-electron chi connectivity index (χ0n) is 14.7. The van der Waals surface area contributed by atoms with Gasteiger partial charge in [-0.3, -0.25) is 0 Å². The van der Waals surface area contributed by atoms with Gasteiger partial charge in [-0.1, -0.05) is 18.3 Å². The number of hydrogen-bond acceptors (Lipinski definition) is 1. The average molecular weight is 405 g/mol. The fraction of sp³-hybridized carbons (Fsp3) is 0. The monoisotopic (exact) mass is 405 g/mol. The van der Waals surface area contributed by atoms with Crippen molar-refractivity contribution in [3.63, 3.8) is 0 Å². The van der Waals surface area contributed by atoms with Gasteiger partial charge in [-0.15, -0.1) is 0 Å². The first kappa shape index (κ1) is 15.6. The lowest BCUT2D eigenvalue weighted by Gasteiger charge is -2.17. The highest BCUT2D eigenvalue weighted by atomic mass is 32.2. The third kappa shape index (κ3) is 4.72. The summed E-state index contributed by atoms with van der Waals surface area (Å²) >= 11 is 0.926. The zero-order valence-corrected chi connectivity index (χ0v) is 13.4. The Bertz CT molecular complexity index is 884. The summed E-state index contributed by atoms with van der Waals surface area (Å²) in [4.78, 5) is 0.845. The van der Waals surface area contributed by atoms with E-state index in [0.717, 1.165) is 36.0 Å². The minimum atomic E-state index is -6.00. The van der Waals surface area contributed by atoms with Crippen LogP contribution < -0.4 is 0 Å². The Kier molecular flexibility index (Phi) is 4.58. The summed E-state index contributed by atoms with van der Waals surface area (Å²) in [6.45, 7) is -0.827. The lowest BCUT2D eigenvalue weighted by Crippen LogP contribution is -2.10. The van der Waals surface area contributed by atoms with E-state index in [1.807, 2.05) is 0 Å². The summed E-state index contributed by atoms with van der Waals surface area (Å²) in [6, 6.07) is 3.59. The van der Waals surface area contributed by atoms with Crippen molar-refractivity contribution in [2.24, 2.45) is 0 Å². The van der Waals surface area contributed by atoms with Gasteiger partial charge in [0.2, 0.25) is 0 Å². The van der Waals surface area contributed by atoms with E-state index in [2.05, 4.69) is 0 Å². The SMILES string of the molecule is F[B-](F)(F)F.[2H]C([2H])=C([2H])[S+]1c2cc(F)c(F)cc2Sc2cc(F)c(F)cc21. The Morgan fingerprint density at radius 3 is 1.60 bits per heavy atom. The predicted octanol–water partition coefficient (Wildman–Crippen LogP) is 6.19. The van der Waals surface area contributed by atoms with Crippen LogP contribution in [0.1, 0.15) is 4.11 Å². The fourth-order valence-corrected chi connectivity index (χ4v) is 4.90. The molecule has 0 atom stereocenters. The number of halogens is 8. The first-order valence-corrected chi connectivity index (χ1v) is 8.25. The van der Waals surface area contributed by atoms with Crippen LogP contribution in [0.2, 0.25) is 0 Å².